The van der Waals surface area contributed by atoms with Gasteiger partial charge in [0.15, 0.2) is 0 Å². The fourth-order valence-corrected chi connectivity index (χ4v) is 2.38. The number of anilines is 1. The van der Waals surface area contributed by atoms with Gasteiger partial charge in [0.2, 0.25) is 0 Å². The second kappa shape index (κ2) is 8.98. The second-order valence-corrected chi connectivity index (χ2v) is 5.51. The van der Waals surface area contributed by atoms with E-state index in [1.54, 1.807) is 0 Å². The molecule has 0 aliphatic carbocycles. The highest BCUT2D eigenvalue weighted by Crippen LogP contribution is 2.23. The Morgan fingerprint density at radius 2 is 1.74 bits per heavy atom. The lowest BCUT2D eigenvalue weighted by molar-refractivity contribution is 0.200. The lowest BCUT2D eigenvalue weighted by atomic mass is 10.0. The molecule has 0 fully saturated rings. The summed E-state index contributed by atoms with van der Waals surface area (Å²) in [7, 11) is 0. The van der Waals surface area contributed by atoms with Crippen molar-refractivity contribution in [1.29, 1.82) is 0 Å². The summed E-state index contributed by atoms with van der Waals surface area (Å²) in [6.07, 6.45) is 7.40. The van der Waals surface area contributed by atoms with Crippen molar-refractivity contribution >= 4 is 5.69 Å². The van der Waals surface area contributed by atoms with Crippen molar-refractivity contribution in [3.63, 3.8) is 0 Å². The van der Waals surface area contributed by atoms with Gasteiger partial charge in [-0.1, -0.05) is 57.2 Å². The monoisotopic (exact) mass is 263 g/mol. The smallest absolute Gasteiger partial charge is 0.0781 e. The second-order valence-electron chi connectivity index (χ2n) is 5.51. The molecule has 1 aromatic carbocycles. The molecule has 1 rings (SSSR count). The Kier molecular flexibility index (Phi) is 7.57. The molecule has 2 N–H and O–H groups in total. The van der Waals surface area contributed by atoms with Crippen LogP contribution in [-0.2, 0) is 0 Å². The molecule has 0 amide bonds. The highest BCUT2D eigenvalue weighted by molar-refractivity contribution is 5.52. The number of aliphatic hydroxyl groups excluding tert-OH is 1. The van der Waals surface area contributed by atoms with Crippen LogP contribution in [0.15, 0.2) is 24.3 Å². The van der Waals surface area contributed by atoms with Gasteiger partial charge in [-0.05, 0) is 26.3 Å². The van der Waals surface area contributed by atoms with Gasteiger partial charge >= 0.3 is 0 Å². The molecule has 0 heterocycles. The minimum atomic E-state index is -0.416. The highest BCUT2D eigenvalue weighted by Gasteiger charge is 2.09. The van der Waals surface area contributed by atoms with Gasteiger partial charge in [0.25, 0.3) is 0 Å². The third kappa shape index (κ3) is 6.11. The van der Waals surface area contributed by atoms with Crippen molar-refractivity contribution in [2.45, 2.75) is 71.4 Å². The van der Waals surface area contributed by atoms with Crippen LogP contribution in [0.1, 0.15) is 71.0 Å². The first kappa shape index (κ1) is 16.0. The largest absolute Gasteiger partial charge is 0.389 e. The zero-order chi connectivity index (χ0) is 14.1. The first-order valence-corrected chi connectivity index (χ1v) is 7.68. The Bertz CT molecular complexity index is 349. The van der Waals surface area contributed by atoms with E-state index in [4.69, 9.17) is 0 Å². The molecule has 1 aromatic rings. The first-order valence-electron chi connectivity index (χ1n) is 7.68. The molecule has 0 bridgehead atoms. The van der Waals surface area contributed by atoms with Crippen LogP contribution < -0.4 is 5.32 Å². The van der Waals surface area contributed by atoms with Crippen LogP contribution in [0.3, 0.4) is 0 Å². The van der Waals surface area contributed by atoms with Gasteiger partial charge in [-0.15, -0.1) is 0 Å². The predicted molar refractivity (Wildman–Crippen MR) is 83.5 cm³/mol. The summed E-state index contributed by atoms with van der Waals surface area (Å²) in [6.45, 7) is 6.28. The molecule has 2 nitrogen and oxygen atoms in total. The summed E-state index contributed by atoms with van der Waals surface area (Å²) in [5.74, 6) is 0. The number of para-hydroxylation sites is 1. The summed E-state index contributed by atoms with van der Waals surface area (Å²) in [4.78, 5) is 0. The molecule has 0 aliphatic rings. The number of hydrogen-bond donors (Lipinski definition) is 2. The van der Waals surface area contributed by atoms with Crippen molar-refractivity contribution in [1.82, 2.24) is 0 Å². The Balaban J connectivity index is 2.37. The van der Waals surface area contributed by atoms with Crippen molar-refractivity contribution < 1.29 is 5.11 Å². The quantitative estimate of drug-likeness (QED) is 0.621. The van der Waals surface area contributed by atoms with E-state index in [2.05, 4.69) is 25.2 Å². The SMILES string of the molecule is CCCCCCCC(C)Nc1ccccc1C(C)O. The molecule has 0 saturated carbocycles. The van der Waals surface area contributed by atoms with Gasteiger partial charge in [0, 0.05) is 17.3 Å². The van der Waals surface area contributed by atoms with Crippen molar-refractivity contribution in [2.24, 2.45) is 0 Å². The van der Waals surface area contributed by atoms with E-state index in [1.165, 1.54) is 38.5 Å². The van der Waals surface area contributed by atoms with E-state index < -0.39 is 6.10 Å². The Labute approximate surface area is 118 Å². The maximum Gasteiger partial charge on any atom is 0.0781 e. The van der Waals surface area contributed by atoms with Crippen molar-refractivity contribution in [2.75, 3.05) is 5.32 Å². The van der Waals surface area contributed by atoms with E-state index in [1.807, 2.05) is 25.1 Å². The Hall–Kier alpha value is -1.02. The normalized spacial score (nSPS) is 14.1. The molecule has 0 spiro atoms. The molecule has 0 saturated heterocycles. The number of aliphatic hydroxyl groups is 1. The minimum Gasteiger partial charge on any atom is -0.389 e. The Morgan fingerprint density at radius 1 is 1.05 bits per heavy atom. The number of unbranched alkanes of at least 4 members (excludes halogenated alkanes) is 4. The molecule has 2 atom stereocenters. The van der Waals surface area contributed by atoms with E-state index in [9.17, 15) is 5.11 Å². The third-order valence-electron chi connectivity index (χ3n) is 3.55. The number of rotatable bonds is 9. The van der Waals surface area contributed by atoms with Crippen molar-refractivity contribution in [3.05, 3.63) is 29.8 Å². The zero-order valence-electron chi connectivity index (χ0n) is 12.7. The number of hydrogen-bond acceptors (Lipinski definition) is 2. The van der Waals surface area contributed by atoms with Gasteiger partial charge in [0.1, 0.15) is 0 Å². The molecule has 0 aromatic heterocycles. The summed E-state index contributed by atoms with van der Waals surface area (Å²) in [6, 6.07) is 8.49. The maximum absolute atomic E-state index is 9.75. The fraction of sp³-hybridized carbons (Fsp3) is 0.647. The number of benzene rings is 1. The molecular formula is C17H29NO. The van der Waals surface area contributed by atoms with Crippen LogP contribution >= 0.6 is 0 Å². The summed E-state index contributed by atoms with van der Waals surface area (Å²) >= 11 is 0. The van der Waals surface area contributed by atoms with E-state index in [0.29, 0.717) is 6.04 Å². The molecule has 0 radical (unpaired) electrons. The van der Waals surface area contributed by atoms with E-state index in [0.717, 1.165) is 11.3 Å². The molecule has 19 heavy (non-hydrogen) atoms. The van der Waals surface area contributed by atoms with Gasteiger partial charge in [-0.25, -0.2) is 0 Å². The van der Waals surface area contributed by atoms with Gasteiger partial charge in [-0.3, -0.25) is 0 Å². The summed E-state index contributed by atoms with van der Waals surface area (Å²) in [5, 5.41) is 13.3. The van der Waals surface area contributed by atoms with Crippen LogP contribution in [0.4, 0.5) is 5.69 Å². The zero-order valence-corrected chi connectivity index (χ0v) is 12.7. The van der Waals surface area contributed by atoms with Gasteiger partial charge in [0.05, 0.1) is 6.10 Å². The predicted octanol–water partition coefficient (Wildman–Crippen LogP) is 4.90. The summed E-state index contributed by atoms with van der Waals surface area (Å²) in [5.41, 5.74) is 2.05. The fourth-order valence-electron chi connectivity index (χ4n) is 2.38. The van der Waals surface area contributed by atoms with Crippen LogP contribution in [0.2, 0.25) is 0 Å². The lowest BCUT2D eigenvalue weighted by Crippen LogP contribution is -2.16. The molecule has 108 valence electrons. The van der Waals surface area contributed by atoms with E-state index in [-0.39, 0.29) is 0 Å². The average molecular weight is 263 g/mol. The lowest BCUT2D eigenvalue weighted by Gasteiger charge is -2.19. The first-order chi connectivity index (χ1) is 9.15. The van der Waals surface area contributed by atoms with Crippen LogP contribution in [0, 0.1) is 0 Å². The summed E-state index contributed by atoms with van der Waals surface area (Å²) < 4.78 is 0. The molecule has 2 unspecified atom stereocenters. The number of nitrogens with one attached hydrogen (secondary N) is 1. The highest BCUT2D eigenvalue weighted by atomic mass is 16.3. The van der Waals surface area contributed by atoms with Crippen LogP contribution in [-0.4, -0.2) is 11.1 Å². The van der Waals surface area contributed by atoms with Crippen molar-refractivity contribution in [3.8, 4) is 0 Å². The standard InChI is InChI=1S/C17H29NO/c1-4-5-6-7-8-11-14(2)18-17-13-10-9-12-16(17)15(3)19/h9-10,12-15,18-19H,4-8,11H2,1-3H3. The molecule has 2 heteroatoms. The Morgan fingerprint density at radius 3 is 2.42 bits per heavy atom. The van der Waals surface area contributed by atoms with E-state index >= 15 is 0 Å². The maximum atomic E-state index is 9.75. The van der Waals surface area contributed by atoms with Crippen LogP contribution in [0.5, 0.6) is 0 Å². The minimum absolute atomic E-state index is 0.416. The molecule has 0 aliphatic heterocycles. The van der Waals surface area contributed by atoms with Gasteiger partial charge in [-0.2, -0.15) is 0 Å². The van der Waals surface area contributed by atoms with Crippen LogP contribution in [0.25, 0.3) is 0 Å². The van der Waals surface area contributed by atoms with Gasteiger partial charge < -0.3 is 10.4 Å². The average Bonchev–Trinajstić information content (AvgIpc) is 2.39. The third-order valence-corrected chi connectivity index (χ3v) is 3.55. The molecular weight excluding hydrogens is 234 g/mol. The topological polar surface area (TPSA) is 32.3 Å².